The molecule has 0 radical (unpaired) electrons. The monoisotopic (exact) mass is 311 g/mol. The molecule has 7 nitrogen and oxygen atoms in total. The predicted octanol–water partition coefficient (Wildman–Crippen LogP) is 1.94. The number of nitriles is 1. The van der Waals surface area contributed by atoms with Gasteiger partial charge in [0.15, 0.2) is 11.6 Å². The maximum absolute atomic E-state index is 9.54. The number of hydrogen-bond acceptors (Lipinski definition) is 7. The second kappa shape index (κ2) is 6.94. The fourth-order valence-corrected chi connectivity index (χ4v) is 2.40. The molecule has 1 fully saturated rings. The highest BCUT2D eigenvalue weighted by atomic mass is 16.5. The summed E-state index contributed by atoms with van der Waals surface area (Å²) >= 11 is 0. The average Bonchev–Trinajstić information content (AvgIpc) is 2.63. The van der Waals surface area contributed by atoms with E-state index in [9.17, 15) is 5.26 Å². The first-order valence-electron chi connectivity index (χ1n) is 7.30. The van der Waals surface area contributed by atoms with E-state index in [-0.39, 0.29) is 0 Å². The lowest BCUT2D eigenvalue weighted by atomic mass is 10.2. The van der Waals surface area contributed by atoms with Gasteiger partial charge in [0.05, 0.1) is 20.3 Å². The molecule has 1 aliphatic heterocycles. The van der Waals surface area contributed by atoms with E-state index in [2.05, 4.69) is 21.4 Å². The van der Waals surface area contributed by atoms with Gasteiger partial charge in [-0.15, -0.1) is 0 Å². The summed E-state index contributed by atoms with van der Waals surface area (Å²) in [5, 5.41) is 12.7. The third-order valence-electron chi connectivity index (χ3n) is 3.60. The molecule has 118 valence electrons. The Morgan fingerprint density at radius 3 is 2.61 bits per heavy atom. The van der Waals surface area contributed by atoms with Crippen LogP contribution in [0, 0.1) is 11.3 Å². The van der Waals surface area contributed by atoms with E-state index in [0.717, 1.165) is 11.4 Å². The summed E-state index contributed by atoms with van der Waals surface area (Å²) in [6.07, 6.45) is 1.47. The highest BCUT2D eigenvalue weighted by Crippen LogP contribution is 2.26. The number of rotatable bonds is 4. The Balaban J connectivity index is 1.88. The Hall–Kier alpha value is -2.85. The van der Waals surface area contributed by atoms with Gasteiger partial charge in [0, 0.05) is 18.8 Å². The first kappa shape index (κ1) is 15.1. The second-order valence-corrected chi connectivity index (χ2v) is 4.99. The molecular formula is C16H17N5O2. The van der Waals surface area contributed by atoms with E-state index in [4.69, 9.17) is 9.47 Å². The molecule has 1 N–H and O–H groups in total. The van der Waals surface area contributed by atoms with Gasteiger partial charge in [-0.1, -0.05) is 0 Å². The fraction of sp³-hybridized carbons (Fsp3) is 0.312. The molecule has 0 amide bonds. The zero-order chi connectivity index (χ0) is 16.1. The number of aromatic nitrogens is 2. The maximum Gasteiger partial charge on any atom is 0.154 e. The van der Waals surface area contributed by atoms with Crippen molar-refractivity contribution < 1.29 is 9.47 Å². The Kier molecular flexibility index (Phi) is 4.54. The lowest BCUT2D eigenvalue weighted by Gasteiger charge is -2.28. The van der Waals surface area contributed by atoms with Gasteiger partial charge in [-0.2, -0.15) is 5.26 Å². The summed E-state index contributed by atoms with van der Waals surface area (Å²) in [5.74, 6) is 1.91. The molecule has 2 heterocycles. The molecule has 2 aromatic rings. The Morgan fingerprint density at radius 2 is 1.96 bits per heavy atom. The van der Waals surface area contributed by atoms with Crippen molar-refractivity contribution in [3.05, 3.63) is 36.2 Å². The van der Waals surface area contributed by atoms with Crippen molar-refractivity contribution in [2.45, 2.75) is 0 Å². The quantitative estimate of drug-likeness (QED) is 0.923. The summed E-state index contributed by atoms with van der Waals surface area (Å²) in [7, 11) is 1.62. The Bertz CT molecular complexity index is 705. The van der Waals surface area contributed by atoms with Crippen molar-refractivity contribution >= 4 is 17.3 Å². The van der Waals surface area contributed by atoms with E-state index in [1.54, 1.807) is 7.11 Å². The Labute approximate surface area is 134 Å². The van der Waals surface area contributed by atoms with Gasteiger partial charge < -0.3 is 19.7 Å². The SMILES string of the molecule is COc1ccc(Nc2ncnc(N3CCOCC3)c2C#N)cc1. The van der Waals surface area contributed by atoms with Gasteiger partial charge in [-0.05, 0) is 24.3 Å². The maximum atomic E-state index is 9.54. The van der Waals surface area contributed by atoms with E-state index < -0.39 is 0 Å². The van der Waals surface area contributed by atoms with E-state index in [1.807, 2.05) is 29.2 Å². The molecule has 1 aliphatic rings. The standard InChI is InChI=1S/C16H17N5O2/c1-22-13-4-2-12(3-5-13)20-15-14(10-17)16(19-11-18-15)21-6-8-23-9-7-21/h2-5,11H,6-9H2,1H3,(H,18,19,20). The first-order valence-corrected chi connectivity index (χ1v) is 7.30. The molecule has 0 saturated carbocycles. The van der Waals surface area contributed by atoms with Crippen LogP contribution in [0.3, 0.4) is 0 Å². The van der Waals surface area contributed by atoms with Gasteiger partial charge in [-0.3, -0.25) is 0 Å². The van der Waals surface area contributed by atoms with Crippen molar-refractivity contribution in [1.29, 1.82) is 5.26 Å². The molecule has 3 rings (SSSR count). The van der Waals surface area contributed by atoms with Crippen LogP contribution in [0.2, 0.25) is 0 Å². The molecule has 7 heteroatoms. The number of nitrogens with zero attached hydrogens (tertiary/aromatic N) is 4. The van der Waals surface area contributed by atoms with Crippen molar-refractivity contribution in [2.75, 3.05) is 43.6 Å². The molecular weight excluding hydrogens is 294 g/mol. The van der Waals surface area contributed by atoms with Crippen LogP contribution < -0.4 is 15.0 Å². The van der Waals surface area contributed by atoms with Gasteiger partial charge in [0.25, 0.3) is 0 Å². The van der Waals surface area contributed by atoms with Crippen LogP contribution in [0.1, 0.15) is 5.56 Å². The average molecular weight is 311 g/mol. The van der Waals surface area contributed by atoms with Gasteiger partial charge >= 0.3 is 0 Å². The second-order valence-electron chi connectivity index (χ2n) is 4.99. The van der Waals surface area contributed by atoms with Crippen molar-refractivity contribution in [3.63, 3.8) is 0 Å². The van der Waals surface area contributed by atoms with Crippen LogP contribution in [0.4, 0.5) is 17.3 Å². The smallest absolute Gasteiger partial charge is 0.154 e. The summed E-state index contributed by atoms with van der Waals surface area (Å²) in [6.45, 7) is 2.70. The number of hydrogen-bond donors (Lipinski definition) is 1. The Morgan fingerprint density at radius 1 is 1.22 bits per heavy atom. The van der Waals surface area contributed by atoms with Gasteiger partial charge in [0.2, 0.25) is 0 Å². The zero-order valence-corrected chi connectivity index (χ0v) is 12.8. The van der Waals surface area contributed by atoms with Crippen LogP contribution in [0.15, 0.2) is 30.6 Å². The number of benzene rings is 1. The molecule has 1 aromatic heterocycles. The topological polar surface area (TPSA) is 83.3 Å². The summed E-state index contributed by atoms with van der Waals surface area (Å²) in [6, 6.07) is 9.64. The van der Waals surface area contributed by atoms with E-state index in [1.165, 1.54) is 6.33 Å². The van der Waals surface area contributed by atoms with Crippen LogP contribution in [0.5, 0.6) is 5.75 Å². The van der Waals surface area contributed by atoms with E-state index in [0.29, 0.717) is 43.5 Å². The number of anilines is 3. The van der Waals surface area contributed by atoms with Gasteiger partial charge in [-0.25, -0.2) is 9.97 Å². The summed E-state index contributed by atoms with van der Waals surface area (Å²) < 4.78 is 10.5. The van der Waals surface area contributed by atoms with Crippen molar-refractivity contribution in [3.8, 4) is 11.8 Å². The molecule has 0 unspecified atom stereocenters. The molecule has 0 spiro atoms. The molecule has 0 atom stereocenters. The van der Waals surface area contributed by atoms with Crippen LogP contribution in [0.25, 0.3) is 0 Å². The van der Waals surface area contributed by atoms with Crippen molar-refractivity contribution in [2.24, 2.45) is 0 Å². The normalized spacial score (nSPS) is 14.2. The third-order valence-corrected chi connectivity index (χ3v) is 3.60. The minimum absolute atomic E-state index is 0.435. The zero-order valence-electron chi connectivity index (χ0n) is 12.8. The summed E-state index contributed by atoms with van der Waals surface area (Å²) in [4.78, 5) is 10.5. The molecule has 23 heavy (non-hydrogen) atoms. The molecule has 0 aliphatic carbocycles. The van der Waals surface area contributed by atoms with Gasteiger partial charge in [0.1, 0.15) is 23.7 Å². The minimum Gasteiger partial charge on any atom is -0.497 e. The van der Waals surface area contributed by atoms with Crippen LogP contribution in [-0.2, 0) is 4.74 Å². The lowest BCUT2D eigenvalue weighted by Crippen LogP contribution is -2.37. The highest BCUT2D eigenvalue weighted by molar-refractivity contribution is 5.70. The molecule has 0 bridgehead atoms. The number of ether oxygens (including phenoxy) is 2. The largest absolute Gasteiger partial charge is 0.497 e. The minimum atomic E-state index is 0.435. The van der Waals surface area contributed by atoms with E-state index >= 15 is 0 Å². The van der Waals surface area contributed by atoms with Crippen molar-refractivity contribution in [1.82, 2.24) is 9.97 Å². The van der Waals surface area contributed by atoms with Crippen LogP contribution >= 0.6 is 0 Å². The molecule has 1 aromatic carbocycles. The summed E-state index contributed by atoms with van der Waals surface area (Å²) in [5.41, 5.74) is 1.26. The predicted molar refractivity (Wildman–Crippen MR) is 86.1 cm³/mol. The molecule has 1 saturated heterocycles. The number of methoxy groups -OCH3 is 1. The fourth-order valence-electron chi connectivity index (χ4n) is 2.40. The van der Waals surface area contributed by atoms with Crippen LogP contribution in [-0.4, -0.2) is 43.4 Å². The number of morpholine rings is 1. The third kappa shape index (κ3) is 3.33. The highest BCUT2D eigenvalue weighted by Gasteiger charge is 2.19. The lowest BCUT2D eigenvalue weighted by molar-refractivity contribution is 0.122. The number of nitrogens with one attached hydrogen (secondary N) is 1. The first-order chi connectivity index (χ1) is 11.3.